The van der Waals surface area contributed by atoms with E-state index in [4.69, 9.17) is 0 Å². The van der Waals surface area contributed by atoms with Gasteiger partial charge in [0.2, 0.25) is 5.91 Å². The van der Waals surface area contributed by atoms with Gasteiger partial charge in [0.1, 0.15) is 0 Å². The average Bonchev–Trinajstić information content (AvgIpc) is 2.82. The van der Waals surface area contributed by atoms with Gasteiger partial charge < -0.3 is 10.2 Å². The van der Waals surface area contributed by atoms with Gasteiger partial charge in [0.05, 0.1) is 6.04 Å². The Labute approximate surface area is 131 Å². The molecule has 3 rings (SSSR count). The first-order valence-electron chi connectivity index (χ1n) is 7.87. The van der Waals surface area contributed by atoms with Crippen LogP contribution in [0.1, 0.15) is 30.9 Å². The molecule has 2 saturated heterocycles. The first-order valence-corrected chi connectivity index (χ1v) is 9.03. The van der Waals surface area contributed by atoms with E-state index >= 15 is 0 Å². The van der Waals surface area contributed by atoms with Crippen LogP contribution in [0.4, 0.5) is 0 Å². The lowest BCUT2D eigenvalue weighted by Gasteiger charge is -2.28. The smallest absolute Gasteiger partial charge is 0.223 e. The normalized spacial score (nSPS) is 29.9. The standard InChI is InChI=1S/C17H24N2OS/c1-19-16(20)10-14(11-18-15-8-5-9-21-12-15)17(19)13-6-3-2-4-7-13/h2-4,6-7,14-15,17-18H,5,8-12H2,1H3/t14-,15-,17-/m1/s1. The second-order valence-corrected chi connectivity index (χ2v) is 7.30. The lowest BCUT2D eigenvalue weighted by Crippen LogP contribution is -2.38. The highest BCUT2D eigenvalue weighted by Crippen LogP contribution is 2.36. The van der Waals surface area contributed by atoms with Gasteiger partial charge in [-0.25, -0.2) is 0 Å². The molecule has 1 amide bonds. The molecule has 0 aromatic heterocycles. The van der Waals surface area contributed by atoms with E-state index in [1.54, 1.807) is 0 Å². The predicted molar refractivity (Wildman–Crippen MR) is 88.4 cm³/mol. The summed E-state index contributed by atoms with van der Waals surface area (Å²) < 4.78 is 0. The van der Waals surface area contributed by atoms with Crippen LogP contribution in [0, 0.1) is 5.92 Å². The highest BCUT2D eigenvalue weighted by molar-refractivity contribution is 7.99. The van der Waals surface area contributed by atoms with E-state index in [0.717, 1.165) is 6.54 Å². The summed E-state index contributed by atoms with van der Waals surface area (Å²) in [5.41, 5.74) is 1.26. The van der Waals surface area contributed by atoms with Gasteiger partial charge in [0, 0.05) is 37.7 Å². The van der Waals surface area contributed by atoms with Crippen molar-refractivity contribution in [3.63, 3.8) is 0 Å². The molecule has 114 valence electrons. The maximum Gasteiger partial charge on any atom is 0.223 e. The van der Waals surface area contributed by atoms with Crippen molar-refractivity contribution in [2.75, 3.05) is 25.1 Å². The van der Waals surface area contributed by atoms with Gasteiger partial charge in [-0.15, -0.1) is 0 Å². The van der Waals surface area contributed by atoms with Crippen LogP contribution in [-0.2, 0) is 4.79 Å². The number of hydrogen-bond donors (Lipinski definition) is 1. The van der Waals surface area contributed by atoms with E-state index in [9.17, 15) is 4.79 Å². The van der Waals surface area contributed by atoms with Crippen molar-refractivity contribution in [3.05, 3.63) is 35.9 Å². The molecule has 3 atom stereocenters. The summed E-state index contributed by atoms with van der Waals surface area (Å²) in [5.74, 6) is 3.17. The van der Waals surface area contributed by atoms with Crippen molar-refractivity contribution in [3.8, 4) is 0 Å². The zero-order valence-electron chi connectivity index (χ0n) is 12.6. The lowest BCUT2D eigenvalue weighted by molar-refractivity contribution is -0.127. The zero-order valence-corrected chi connectivity index (χ0v) is 13.4. The Hall–Kier alpha value is -1.00. The van der Waals surface area contributed by atoms with Crippen LogP contribution in [0.2, 0.25) is 0 Å². The fourth-order valence-corrected chi connectivity index (χ4v) is 4.61. The van der Waals surface area contributed by atoms with Crippen molar-refractivity contribution in [1.29, 1.82) is 0 Å². The topological polar surface area (TPSA) is 32.3 Å². The van der Waals surface area contributed by atoms with E-state index in [0.29, 0.717) is 18.4 Å². The number of hydrogen-bond acceptors (Lipinski definition) is 3. The molecule has 1 aromatic carbocycles. The summed E-state index contributed by atoms with van der Waals surface area (Å²) in [5, 5.41) is 3.70. The third-order valence-electron chi connectivity index (χ3n) is 4.66. The van der Waals surface area contributed by atoms with Crippen molar-refractivity contribution in [2.24, 2.45) is 5.92 Å². The quantitative estimate of drug-likeness (QED) is 0.928. The number of rotatable bonds is 4. The number of amides is 1. The number of thioether (sulfide) groups is 1. The minimum absolute atomic E-state index is 0.224. The second kappa shape index (κ2) is 6.84. The van der Waals surface area contributed by atoms with Crippen molar-refractivity contribution < 1.29 is 4.79 Å². The summed E-state index contributed by atoms with van der Waals surface area (Å²) in [7, 11) is 1.94. The molecule has 0 aliphatic carbocycles. The molecule has 0 saturated carbocycles. The Bertz CT molecular complexity index is 473. The van der Waals surface area contributed by atoms with Gasteiger partial charge in [-0.05, 0) is 24.2 Å². The maximum atomic E-state index is 12.1. The Kier molecular flexibility index (Phi) is 4.86. The second-order valence-electron chi connectivity index (χ2n) is 6.15. The van der Waals surface area contributed by atoms with Gasteiger partial charge in [0.25, 0.3) is 0 Å². The molecule has 3 nitrogen and oxygen atoms in total. The van der Waals surface area contributed by atoms with E-state index in [2.05, 4.69) is 29.6 Å². The van der Waals surface area contributed by atoms with E-state index < -0.39 is 0 Å². The molecule has 2 fully saturated rings. The molecule has 2 aliphatic rings. The average molecular weight is 304 g/mol. The Morgan fingerprint density at radius 2 is 2.14 bits per heavy atom. The van der Waals surface area contributed by atoms with Crippen LogP contribution < -0.4 is 5.32 Å². The van der Waals surface area contributed by atoms with E-state index in [1.165, 1.54) is 29.9 Å². The molecule has 21 heavy (non-hydrogen) atoms. The Morgan fingerprint density at radius 1 is 1.33 bits per heavy atom. The maximum absolute atomic E-state index is 12.1. The highest BCUT2D eigenvalue weighted by Gasteiger charge is 2.38. The Balaban J connectivity index is 1.66. The SMILES string of the molecule is CN1C(=O)C[C@H](CN[C@@H]2CCCSC2)[C@H]1c1ccccc1. The van der Waals surface area contributed by atoms with Crippen molar-refractivity contribution in [1.82, 2.24) is 10.2 Å². The summed E-state index contributed by atoms with van der Waals surface area (Å²) in [6, 6.07) is 11.3. The van der Waals surface area contributed by atoms with Gasteiger partial charge in [-0.3, -0.25) is 4.79 Å². The number of nitrogens with zero attached hydrogens (tertiary/aromatic N) is 1. The minimum atomic E-state index is 0.224. The van der Waals surface area contributed by atoms with Crippen LogP contribution >= 0.6 is 11.8 Å². The largest absolute Gasteiger partial charge is 0.338 e. The van der Waals surface area contributed by atoms with Crippen molar-refractivity contribution in [2.45, 2.75) is 31.3 Å². The number of likely N-dealkylation sites (tertiary alicyclic amines) is 1. The summed E-state index contributed by atoms with van der Waals surface area (Å²) in [4.78, 5) is 14.0. The predicted octanol–water partition coefficient (Wildman–Crippen LogP) is 2.69. The van der Waals surface area contributed by atoms with Crippen molar-refractivity contribution >= 4 is 17.7 Å². The fraction of sp³-hybridized carbons (Fsp3) is 0.588. The van der Waals surface area contributed by atoms with Gasteiger partial charge in [-0.2, -0.15) is 11.8 Å². The zero-order chi connectivity index (χ0) is 14.7. The molecule has 1 aromatic rings. The van der Waals surface area contributed by atoms with Gasteiger partial charge >= 0.3 is 0 Å². The molecule has 4 heteroatoms. The molecular formula is C17H24N2OS. The number of carbonyl (C=O) groups is 1. The lowest BCUT2D eigenvalue weighted by atomic mass is 9.93. The molecule has 2 aliphatic heterocycles. The van der Waals surface area contributed by atoms with Crippen LogP contribution in [-0.4, -0.2) is 41.9 Å². The fourth-order valence-electron chi connectivity index (χ4n) is 3.50. The monoisotopic (exact) mass is 304 g/mol. The van der Waals surface area contributed by atoms with Crippen LogP contribution in [0.15, 0.2) is 30.3 Å². The molecular weight excluding hydrogens is 280 g/mol. The Morgan fingerprint density at radius 3 is 2.86 bits per heavy atom. The summed E-state index contributed by atoms with van der Waals surface area (Å²) in [6.07, 6.45) is 3.26. The van der Waals surface area contributed by atoms with E-state index in [-0.39, 0.29) is 11.9 Å². The number of nitrogens with one attached hydrogen (secondary N) is 1. The first-order chi connectivity index (χ1) is 10.3. The van der Waals surface area contributed by atoms with Gasteiger partial charge in [0.15, 0.2) is 0 Å². The molecule has 1 N–H and O–H groups in total. The van der Waals surface area contributed by atoms with Crippen LogP contribution in [0.5, 0.6) is 0 Å². The number of carbonyl (C=O) groups excluding carboxylic acids is 1. The molecule has 0 bridgehead atoms. The number of benzene rings is 1. The van der Waals surface area contributed by atoms with Gasteiger partial charge in [-0.1, -0.05) is 30.3 Å². The molecule has 0 radical (unpaired) electrons. The van der Waals surface area contributed by atoms with Crippen LogP contribution in [0.25, 0.3) is 0 Å². The summed E-state index contributed by atoms with van der Waals surface area (Å²) >= 11 is 2.04. The van der Waals surface area contributed by atoms with E-state index in [1.807, 2.05) is 29.8 Å². The molecule has 0 spiro atoms. The third-order valence-corrected chi connectivity index (χ3v) is 5.88. The summed E-state index contributed by atoms with van der Waals surface area (Å²) in [6.45, 7) is 0.945. The molecule has 2 heterocycles. The third kappa shape index (κ3) is 3.43. The first kappa shape index (κ1) is 14.9. The van der Waals surface area contributed by atoms with Crippen LogP contribution in [0.3, 0.4) is 0 Å². The highest BCUT2D eigenvalue weighted by atomic mass is 32.2. The molecule has 0 unspecified atom stereocenters. The minimum Gasteiger partial charge on any atom is -0.338 e.